The minimum atomic E-state index is -1.00. The summed E-state index contributed by atoms with van der Waals surface area (Å²) in [4.78, 5) is 32.5. The second-order valence-electron chi connectivity index (χ2n) is 11.1. The minimum Gasteiger partial charge on any atom is -0.478 e. The van der Waals surface area contributed by atoms with E-state index in [2.05, 4.69) is 23.1 Å². The van der Waals surface area contributed by atoms with Crippen molar-refractivity contribution in [3.63, 3.8) is 0 Å². The Bertz CT molecular complexity index is 1390. The van der Waals surface area contributed by atoms with E-state index < -0.39 is 24.3 Å². The van der Waals surface area contributed by atoms with Crippen molar-refractivity contribution in [1.82, 2.24) is 9.88 Å². The number of rotatable bonds is 7. The first-order valence-electron chi connectivity index (χ1n) is 13.5. The Balaban J connectivity index is 1.16. The number of anilines is 1. The molecule has 2 aromatic carbocycles. The van der Waals surface area contributed by atoms with Crippen molar-refractivity contribution >= 4 is 17.7 Å². The summed E-state index contributed by atoms with van der Waals surface area (Å²) in [5.41, 5.74) is 6.25. The Kier molecular flexibility index (Phi) is 6.59. The molecule has 3 heterocycles. The van der Waals surface area contributed by atoms with Gasteiger partial charge in [-0.25, -0.2) is 14.0 Å². The van der Waals surface area contributed by atoms with Crippen molar-refractivity contribution in [1.29, 1.82) is 0 Å². The van der Waals surface area contributed by atoms with Crippen molar-refractivity contribution < 1.29 is 23.8 Å². The number of benzene rings is 2. The van der Waals surface area contributed by atoms with E-state index in [9.17, 15) is 14.0 Å². The lowest BCUT2D eigenvalue weighted by atomic mass is 9.90. The molecule has 3 aliphatic rings. The number of pyridine rings is 1. The van der Waals surface area contributed by atoms with Crippen LogP contribution in [0.5, 0.6) is 0 Å². The van der Waals surface area contributed by atoms with Crippen LogP contribution in [0.3, 0.4) is 0 Å². The molecular formula is C31H32FN3O4. The third kappa shape index (κ3) is 5.13. The molecule has 3 aromatic rings. The summed E-state index contributed by atoms with van der Waals surface area (Å²) >= 11 is 0. The summed E-state index contributed by atoms with van der Waals surface area (Å²) in [6.07, 6.45) is 5.35. The van der Waals surface area contributed by atoms with Crippen LogP contribution in [0, 0.1) is 6.92 Å². The Morgan fingerprint density at radius 1 is 1.10 bits per heavy atom. The molecule has 0 bridgehead atoms. The molecule has 1 N–H and O–H groups in total. The molecule has 39 heavy (non-hydrogen) atoms. The van der Waals surface area contributed by atoms with Gasteiger partial charge in [0.1, 0.15) is 12.3 Å². The van der Waals surface area contributed by atoms with Gasteiger partial charge in [-0.2, -0.15) is 0 Å². The van der Waals surface area contributed by atoms with E-state index in [1.165, 1.54) is 25.0 Å². The SMILES string of the molecule is Cc1cc(-c2ccc(C3CC3)nc2)c(CN2CCC3(CC2)CN(c2ccc(C(=O)O)cc2)C(=O)O3)cc1CF. The molecule has 202 valence electrons. The van der Waals surface area contributed by atoms with Gasteiger partial charge in [0, 0.05) is 61.5 Å². The Labute approximate surface area is 227 Å². The monoisotopic (exact) mass is 529 g/mol. The van der Waals surface area contributed by atoms with E-state index in [-0.39, 0.29) is 5.56 Å². The number of piperidine rings is 1. The predicted octanol–water partition coefficient (Wildman–Crippen LogP) is 6.09. The van der Waals surface area contributed by atoms with Gasteiger partial charge in [-0.3, -0.25) is 14.8 Å². The van der Waals surface area contributed by atoms with Crippen molar-refractivity contribution in [2.24, 2.45) is 0 Å². The number of aromatic nitrogens is 1. The number of halogens is 1. The molecule has 1 spiro atoms. The topological polar surface area (TPSA) is 83.0 Å². The van der Waals surface area contributed by atoms with Gasteiger partial charge in [0.15, 0.2) is 0 Å². The van der Waals surface area contributed by atoms with Crippen LogP contribution in [-0.2, 0) is 18.0 Å². The summed E-state index contributed by atoms with van der Waals surface area (Å²) in [5, 5.41) is 9.15. The van der Waals surface area contributed by atoms with Gasteiger partial charge < -0.3 is 9.84 Å². The second-order valence-corrected chi connectivity index (χ2v) is 11.1. The van der Waals surface area contributed by atoms with Gasteiger partial charge in [0.05, 0.1) is 12.1 Å². The van der Waals surface area contributed by atoms with E-state index in [4.69, 9.17) is 14.8 Å². The maximum atomic E-state index is 13.8. The lowest BCUT2D eigenvalue weighted by Gasteiger charge is -2.37. The van der Waals surface area contributed by atoms with E-state index >= 15 is 0 Å². The first kappa shape index (κ1) is 25.5. The average molecular weight is 530 g/mol. The van der Waals surface area contributed by atoms with Crippen LogP contribution in [0.2, 0.25) is 0 Å². The van der Waals surface area contributed by atoms with E-state index in [1.807, 2.05) is 19.2 Å². The smallest absolute Gasteiger partial charge is 0.415 e. The van der Waals surface area contributed by atoms with Crippen LogP contribution in [0.1, 0.15) is 64.3 Å². The largest absolute Gasteiger partial charge is 0.478 e. The number of ether oxygens (including phenoxy) is 1. The third-order valence-electron chi connectivity index (χ3n) is 8.36. The van der Waals surface area contributed by atoms with Crippen LogP contribution < -0.4 is 4.90 Å². The van der Waals surface area contributed by atoms with Crippen LogP contribution in [0.4, 0.5) is 14.9 Å². The third-order valence-corrected chi connectivity index (χ3v) is 8.36. The van der Waals surface area contributed by atoms with Crippen molar-refractivity contribution in [2.45, 2.75) is 57.3 Å². The van der Waals surface area contributed by atoms with Crippen molar-refractivity contribution in [3.05, 3.63) is 82.7 Å². The number of nitrogens with zero attached hydrogens (tertiary/aromatic N) is 3. The number of carboxylic acid groups (broad SMARTS) is 1. The van der Waals surface area contributed by atoms with E-state index in [1.54, 1.807) is 17.0 Å². The molecule has 1 aliphatic carbocycles. The number of carboxylic acids is 1. The predicted molar refractivity (Wildman–Crippen MR) is 146 cm³/mol. The maximum absolute atomic E-state index is 13.8. The quantitative estimate of drug-likeness (QED) is 0.399. The molecular weight excluding hydrogens is 497 g/mol. The second kappa shape index (κ2) is 10.1. The highest BCUT2D eigenvalue weighted by Crippen LogP contribution is 2.40. The van der Waals surface area contributed by atoms with Crippen molar-refractivity contribution in [3.8, 4) is 11.1 Å². The number of hydrogen-bond acceptors (Lipinski definition) is 5. The number of carbonyl (C=O) groups is 2. The molecule has 0 radical (unpaired) electrons. The van der Waals surface area contributed by atoms with Gasteiger partial charge in [-0.05, 0) is 72.4 Å². The molecule has 0 unspecified atom stereocenters. The first-order chi connectivity index (χ1) is 18.8. The van der Waals surface area contributed by atoms with Crippen LogP contribution in [0.25, 0.3) is 11.1 Å². The van der Waals surface area contributed by atoms with Gasteiger partial charge in [0.25, 0.3) is 0 Å². The molecule has 3 fully saturated rings. The highest BCUT2D eigenvalue weighted by molar-refractivity contribution is 5.92. The summed E-state index contributed by atoms with van der Waals surface area (Å²) in [7, 11) is 0. The molecule has 1 amide bonds. The fraction of sp³-hybridized carbons (Fsp3) is 0.387. The molecule has 1 aromatic heterocycles. The molecule has 2 aliphatic heterocycles. The molecule has 6 rings (SSSR count). The number of likely N-dealkylation sites (tertiary alicyclic amines) is 1. The van der Waals surface area contributed by atoms with Gasteiger partial charge in [0.2, 0.25) is 0 Å². The van der Waals surface area contributed by atoms with Crippen LogP contribution in [0.15, 0.2) is 54.7 Å². The molecule has 1 saturated carbocycles. The van der Waals surface area contributed by atoms with Gasteiger partial charge in [-0.15, -0.1) is 0 Å². The fourth-order valence-electron chi connectivity index (χ4n) is 5.76. The highest BCUT2D eigenvalue weighted by atomic mass is 19.1. The Morgan fingerprint density at radius 2 is 1.85 bits per heavy atom. The summed E-state index contributed by atoms with van der Waals surface area (Å²) in [6, 6.07) is 14.6. The molecule has 7 nitrogen and oxygen atoms in total. The maximum Gasteiger partial charge on any atom is 0.415 e. The Hall–Kier alpha value is -3.78. The average Bonchev–Trinajstić information content (AvgIpc) is 3.75. The number of aromatic carboxylic acids is 1. The van der Waals surface area contributed by atoms with Gasteiger partial charge in [-0.1, -0.05) is 18.2 Å². The zero-order chi connectivity index (χ0) is 27.1. The molecule has 0 atom stereocenters. The fourth-order valence-corrected chi connectivity index (χ4v) is 5.76. The van der Waals surface area contributed by atoms with Gasteiger partial charge >= 0.3 is 12.1 Å². The number of amides is 1. The highest BCUT2D eigenvalue weighted by Gasteiger charge is 2.47. The zero-order valence-corrected chi connectivity index (χ0v) is 22.0. The first-order valence-corrected chi connectivity index (χ1v) is 13.5. The summed E-state index contributed by atoms with van der Waals surface area (Å²) in [6.45, 7) is 4.06. The summed E-state index contributed by atoms with van der Waals surface area (Å²) < 4.78 is 19.7. The number of carbonyl (C=O) groups excluding carboxylic acids is 1. The summed E-state index contributed by atoms with van der Waals surface area (Å²) in [5.74, 6) is -0.407. The lowest BCUT2D eigenvalue weighted by Crippen LogP contribution is -2.46. The number of hydrogen-bond donors (Lipinski definition) is 1. The normalized spacial score (nSPS) is 18.9. The minimum absolute atomic E-state index is 0.176. The standard InChI is InChI=1S/C31H32FN3O4/c1-20-14-27(23-6-9-28(33-17-23)21-2-3-21)25(15-24(20)16-32)18-34-12-10-31(11-13-34)19-35(30(38)39-31)26-7-4-22(5-8-26)29(36)37/h4-9,14-15,17,21H,2-3,10-13,16,18-19H2,1H3,(H,36,37). The van der Waals surface area contributed by atoms with Crippen molar-refractivity contribution in [2.75, 3.05) is 24.5 Å². The number of aryl methyl sites for hydroxylation is 1. The van der Waals surface area contributed by atoms with E-state index in [0.29, 0.717) is 43.1 Å². The molecule has 8 heteroatoms. The molecule has 2 saturated heterocycles. The van der Waals surface area contributed by atoms with Crippen LogP contribution in [-0.4, -0.2) is 52.3 Å². The number of alkyl halides is 1. The van der Waals surface area contributed by atoms with Crippen LogP contribution >= 0.6 is 0 Å². The van der Waals surface area contributed by atoms with E-state index in [0.717, 1.165) is 41.0 Å². The lowest BCUT2D eigenvalue weighted by molar-refractivity contribution is -0.000948. The zero-order valence-electron chi connectivity index (χ0n) is 22.0. The Morgan fingerprint density at radius 3 is 2.46 bits per heavy atom.